The van der Waals surface area contributed by atoms with Gasteiger partial charge in [0.15, 0.2) is 5.82 Å². The van der Waals surface area contributed by atoms with Gasteiger partial charge in [-0.1, -0.05) is 5.10 Å². The van der Waals surface area contributed by atoms with Crippen molar-refractivity contribution in [2.24, 2.45) is 0 Å². The maximum absolute atomic E-state index is 3.96. The molecule has 0 aliphatic rings. The molecule has 60 valence electrons. The zero-order valence-electron chi connectivity index (χ0n) is 5.97. The molecule has 2 N–H and O–H groups in total. The topological polar surface area (TPSA) is 92.3 Å². The van der Waals surface area contributed by atoms with Crippen LogP contribution in [0.25, 0.3) is 0 Å². The highest BCUT2D eigenvalue weighted by Crippen LogP contribution is 2.03. The number of aromatic amines is 1. The van der Waals surface area contributed by atoms with Gasteiger partial charge in [0.2, 0.25) is 0 Å². The van der Waals surface area contributed by atoms with Crippen LogP contribution >= 0.6 is 0 Å². The number of rotatable bonds is 2. The first kappa shape index (κ1) is 6.65. The molecule has 0 aliphatic heterocycles. The van der Waals surface area contributed by atoms with Crippen molar-refractivity contribution in [2.45, 2.75) is 0 Å². The molecular formula is C5H5N7. The van der Waals surface area contributed by atoms with E-state index in [9.17, 15) is 0 Å². The molecule has 0 unspecified atom stereocenters. The van der Waals surface area contributed by atoms with E-state index in [0.29, 0.717) is 11.8 Å². The lowest BCUT2D eigenvalue weighted by atomic mass is 10.6. The highest BCUT2D eigenvalue weighted by Gasteiger charge is 1.97. The summed E-state index contributed by atoms with van der Waals surface area (Å²) in [6.07, 6.45) is 4.72. The van der Waals surface area contributed by atoms with Gasteiger partial charge in [0.1, 0.15) is 0 Å². The molecule has 0 fully saturated rings. The minimum atomic E-state index is 0.371. The number of H-pyrrole nitrogens is 1. The molecule has 0 saturated carbocycles. The highest BCUT2D eigenvalue weighted by atomic mass is 15.5. The normalized spacial score (nSPS) is 9.67. The smallest absolute Gasteiger partial charge is 0.268 e. The number of hydrogen-bond donors (Lipinski definition) is 2. The van der Waals surface area contributed by atoms with E-state index in [1.807, 2.05) is 0 Å². The lowest BCUT2D eigenvalue weighted by molar-refractivity contribution is 0.881. The molecule has 0 aromatic carbocycles. The molecule has 2 rings (SSSR count). The van der Waals surface area contributed by atoms with Crippen LogP contribution in [0.2, 0.25) is 0 Å². The number of anilines is 2. The predicted molar refractivity (Wildman–Crippen MR) is 39.5 cm³/mol. The second-order valence-electron chi connectivity index (χ2n) is 1.95. The summed E-state index contributed by atoms with van der Waals surface area (Å²) < 4.78 is 0. The fourth-order valence-corrected chi connectivity index (χ4v) is 0.693. The Labute approximate surface area is 67.3 Å². The molecule has 0 aliphatic carbocycles. The van der Waals surface area contributed by atoms with Gasteiger partial charge < -0.3 is 5.32 Å². The number of nitrogens with one attached hydrogen (secondary N) is 2. The molecule has 0 spiro atoms. The van der Waals surface area contributed by atoms with E-state index < -0.39 is 0 Å². The average Bonchev–Trinajstić information content (AvgIpc) is 2.59. The Morgan fingerprint density at radius 3 is 3.00 bits per heavy atom. The summed E-state index contributed by atoms with van der Waals surface area (Å²) in [4.78, 5) is 7.81. The second-order valence-corrected chi connectivity index (χ2v) is 1.95. The lowest BCUT2D eigenvalue weighted by Gasteiger charge is -1.95. The van der Waals surface area contributed by atoms with Crippen LogP contribution < -0.4 is 5.32 Å². The van der Waals surface area contributed by atoms with E-state index in [1.54, 1.807) is 18.6 Å². The first-order valence-corrected chi connectivity index (χ1v) is 3.21. The zero-order chi connectivity index (χ0) is 8.23. The molecule has 0 saturated heterocycles. The van der Waals surface area contributed by atoms with Gasteiger partial charge in [-0.3, -0.25) is 4.98 Å². The summed E-state index contributed by atoms with van der Waals surface area (Å²) in [6.45, 7) is 0. The van der Waals surface area contributed by atoms with Gasteiger partial charge in [0.25, 0.3) is 5.95 Å². The first-order chi connectivity index (χ1) is 5.95. The third-order valence-corrected chi connectivity index (χ3v) is 1.15. The fraction of sp³-hybridized carbons (Fsp3) is 0. The Bertz CT molecular complexity index is 328. The maximum atomic E-state index is 3.96. The standard InChI is InChI=1S/C5H5N7/c1-2-7-4(3-6-1)8-5-9-11-12-10-5/h1-3H,(H2,7,8,9,10,11,12). The Hall–Kier alpha value is -2.05. The van der Waals surface area contributed by atoms with Crippen LogP contribution in [0.3, 0.4) is 0 Å². The molecule has 7 nitrogen and oxygen atoms in total. The van der Waals surface area contributed by atoms with Crippen LogP contribution in [0.4, 0.5) is 11.8 Å². The highest BCUT2D eigenvalue weighted by molar-refractivity contribution is 5.43. The largest absolute Gasteiger partial charge is 0.305 e. The van der Waals surface area contributed by atoms with Gasteiger partial charge in [-0.2, -0.15) is 5.21 Å². The minimum Gasteiger partial charge on any atom is -0.305 e. The average molecular weight is 163 g/mol. The summed E-state index contributed by atoms with van der Waals surface area (Å²) in [7, 11) is 0. The first-order valence-electron chi connectivity index (χ1n) is 3.21. The van der Waals surface area contributed by atoms with E-state index in [1.165, 1.54) is 0 Å². The van der Waals surface area contributed by atoms with Gasteiger partial charge in [-0.25, -0.2) is 4.98 Å². The monoisotopic (exact) mass is 163 g/mol. The van der Waals surface area contributed by atoms with Crippen molar-refractivity contribution in [3.63, 3.8) is 0 Å². The molecule has 0 bridgehead atoms. The van der Waals surface area contributed by atoms with Gasteiger partial charge in [0, 0.05) is 12.4 Å². The van der Waals surface area contributed by atoms with Gasteiger partial charge in [-0.05, 0) is 5.21 Å². The summed E-state index contributed by atoms with van der Waals surface area (Å²) in [5.41, 5.74) is 0. The Morgan fingerprint density at radius 2 is 2.33 bits per heavy atom. The van der Waals surface area contributed by atoms with Crippen molar-refractivity contribution in [2.75, 3.05) is 5.32 Å². The van der Waals surface area contributed by atoms with Crippen LogP contribution in [0.5, 0.6) is 0 Å². The van der Waals surface area contributed by atoms with Crippen LogP contribution in [-0.2, 0) is 0 Å². The fourth-order valence-electron chi connectivity index (χ4n) is 0.693. The van der Waals surface area contributed by atoms with Crippen LogP contribution in [-0.4, -0.2) is 30.6 Å². The number of nitrogens with zero attached hydrogens (tertiary/aromatic N) is 5. The van der Waals surface area contributed by atoms with Crippen LogP contribution in [0.1, 0.15) is 0 Å². The molecular weight excluding hydrogens is 158 g/mol. The summed E-state index contributed by atoms with van der Waals surface area (Å²) >= 11 is 0. The van der Waals surface area contributed by atoms with Crippen LogP contribution in [0, 0.1) is 0 Å². The van der Waals surface area contributed by atoms with Crippen molar-refractivity contribution in [1.29, 1.82) is 0 Å². The van der Waals surface area contributed by atoms with Crippen LogP contribution in [0.15, 0.2) is 18.6 Å². The van der Waals surface area contributed by atoms with E-state index in [-0.39, 0.29) is 0 Å². The quantitative estimate of drug-likeness (QED) is 0.633. The number of hydrogen-bond acceptors (Lipinski definition) is 6. The van der Waals surface area contributed by atoms with Gasteiger partial charge >= 0.3 is 0 Å². The zero-order valence-corrected chi connectivity index (χ0v) is 5.97. The summed E-state index contributed by atoms with van der Waals surface area (Å²) in [5, 5.41) is 15.8. The molecule has 0 atom stereocenters. The SMILES string of the molecule is c1cnc(Nc2nn[nH]n2)cn1. The van der Waals surface area contributed by atoms with Crippen molar-refractivity contribution in [3.05, 3.63) is 18.6 Å². The van der Waals surface area contributed by atoms with E-state index >= 15 is 0 Å². The second kappa shape index (κ2) is 2.91. The lowest BCUT2D eigenvalue weighted by Crippen LogP contribution is -1.95. The number of aromatic nitrogens is 6. The third kappa shape index (κ3) is 1.34. The van der Waals surface area contributed by atoms with E-state index in [2.05, 4.69) is 35.9 Å². The molecule has 2 aromatic heterocycles. The summed E-state index contributed by atoms with van der Waals surface area (Å²) in [6, 6.07) is 0. The maximum Gasteiger partial charge on any atom is 0.268 e. The Morgan fingerprint density at radius 1 is 1.33 bits per heavy atom. The van der Waals surface area contributed by atoms with Crippen molar-refractivity contribution >= 4 is 11.8 Å². The number of tetrazole rings is 1. The van der Waals surface area contributed by atoms with E-state index in [4.69, 9.17) is 0 Å². The Kier molecular flexibility index (Phi) is 1.61. The molecule has 12 heavy (non-hydrogen) atoms. The van der Waals surface area contributed by atoms with E-state index in [0.717, 1.165) is 0 Å². The molecule has 2 aromatic rings. The Balaban J connectivity index is 2.15. The van der Waals surface area contributed by atoms with Crippen molar-refractivity contribution in [1.82, 2.24) is 30.6 Å². The van der Waals surface area contributed by atoms with Crippen molar-refractivity contribution < 1.29 is 0 Å². The van der Waals surface area contributed by atoms with Crippen molar-refractivity contribution in [3.8, 4) is 0 Å². The minimum absolute atomic E-state index is 0.371. The predicted octanol–water partition coefficient (Wildman–Crippen LogP) is -0.267. The molecule has 7 heteroatoms. The molecule has 2 heterocycles. The third-order valence-electron chi connectivity index (χ3n) is 1.15. The summed E-state index contributed by atoms with van der Waals surface area (Å²) in [5.74, 6) is 0.953. The molecule has 0 amide bonds. The van der Waals surface area contributed by atoms with Gasteiger partial charge in [-0.15, -0.1) is 5.10 Å². The van der Waals surface area contributed by atoms with Gasteiger partial charge in [0.05, 0.1) is 6.20 Å². The molecule has 0 radical (unpaired) electrons.